The highest BCUT2D eigenvalue weighted by molar-refractivity contribution is 9.10. The molecule has 1 saturated heterocycles. The third-order valence-electron chi connectivity index (χ3n) is 3.96. The fourth-order valence-electron chi connectivity index (χ4n) is 2.70. The smallest absolute Gasteiger partial charge is 0.335 e. The lowest BCUT2D eigenvalue weighted by Crippen LogP contribution is -2.54. The van der Waals surface area contributed by atoms with Crippen LogP contribution in [0.4, 0.5) is 10.5 Å². The van der Waals surface area contributed by atoms with Gasteiger partial charge in [-0.05, 0) is 42.5 Å². The van der Waals surface area contributed by atoms with E-state index >= 15 is 0 Å². The number of carbonyl (C=O) groups excluding carboxylic acids is 3. The van der Waals surface area contributed by atoms with Crippen molar-refractivity contribution in [1.29, 1.82) is 0 Å². The van der Waals surface area contributed by atoms with Crippen molar-refractivity contribution >= 4 is 61.5 Å². The van der Waals surface area contributed by atoms with Gasteiger partial charge in [-0.15, -0.1) is 0 Å². The third-order valence-corrected chi connectivity index (χ3v) is 4.95. The van der Waals surface area contributed by atoms with Crippen LogP contribution < -0.4 is 19.7 Å². The van der Waals surface area contributed by atoms with Gasteiger partial charge in [-0.25, -0.2) is 9.69 Å². The van der Waals surface area contributed by atoms with E-state index in [2.05, 4.69) is 37.2 Å². The van der Waals surface area contributed by atoms with E-state index in [4.69, 9.17) is 9.47 Å². The minimum absolute atomic E-state index is 0.207. The van der Waals surface area contributed by atoms with Gasteiger partial charge in [-0.1, -0.05) is 31.9 Å². The zero-order chi connectivity index (χ0) is 20.4. The number of ether oxygens (including phenoxy) is 2. The summed E-state index contributed by atoms with van der Waals surface area (Å²) in [7, 11) is 2.93. The third kappa shape index (κ3) is 3.81. The Kier molecular flexibility index (Phi) is 5.85. The molecule has 144 valence electrons. The highest BCUT2D eigenvalue weighted by atomic mass is 79.9. The predicted octanol–water partition coefficient (Wildman–Crippen LogP) is 3.90. The lowest BCUT2D eigenvalue weighted by atomic mass is 10.1. The minimum Gasteiger partial charge on any atom is -0.493 e. The number of carbonyl (C=O) groups is 3. The van der Waals surface area contributed by atoms with E-state index in [-0.39, 0.29) is 5.57 Å². The monoisotopic (exact) mass is 508 g/mol. The van der Waals surface area contributed by atoms with Gasteiger partial charge in [0.05, 0.1) is 19.9 Å². The lowest BCUT2D eigenvalue weighted by molar-refractivity contribution is -0.122. The number of nitrogens with zero attached hydrogens (tertiary/aromatic N) is 1. The first-order valence-electron chi connectivity index (χ1n) is 7.94. The van der Waals surface area contributed by atoms with Gasteiger partial charge < -0.3 is 9.47 Å². The van der Waals surface area contributed by atoms with Crippen LogP contribution in [0.2, 0.25) is 0 Å². The first-order chi connectivity index (χ1) is 13.3. The fraction of sp³-hybridized carbons (Fsp3) is 0.105. The molecule has 1 aliphatic heterocycles. The molecule has 28 heavy (non-hydrogen) atoms. The Bertz CT molecular complexity index is 1000. The Morgan fingerprint density at radius 1 is 0.964 bits per heavy atom. The van der Waals surface area contributed by atoms with Gasteiger partial charge in [-0.3, -0.25) is 14.9 Å². The van der Waals surface area contributed by atoms with E-state index in [1.54, 1.807) is 36.4 Å². The zero-order valence-electron chi connectivity index (χ0n) is 14.8. The molecule has 4 amide bonds. The Hall–Kier alpha value is -2.65. The summed E-state index contributed by atoms with van der Waals surface area (Å²) >= 11 is 6.66. The van der Waals surface area contributed by atoms with Crippen LogP contribution in [0.15, 0.2) is 50.9 Å². The van der Waals surface area contributed by atoms with Gasteiger partial charge in [0.1, 0.15) is 5.57 Å². The molecule has 7 nitrogen and oxygen atoms in total. The average Bonchev–Trinajstić information content (AvgIpc) is 2.66. The normalized spacial score (nSPS) is 15.6. The zero-order valence-corrected chi connectivity index (χ0v) is 18.0. The van der Waals surface area contributed by atoms with Crippen molar-refractivity contribution in [1.82, 2.24) is 5.32 Å². The maximum atomic E-state index is 13.0. The topological polar surface area (TPSA) is 84.9 Å². The van der Waals surface area contributed by atoms with E-state index in [1.165, 1.54) is 20.3 Å². The van der Waals surface area contributed by atoms with Crippen molar-refractivity contribution < 1.29 is 23.9 Å². The fourth-order valence-corrected chi connectivity index (χ4v) is 3.42. The SMILES string of the molecule is COc1cc(Br)cc(/C=C2\C(=O)NC(=O)N(c3ccc(Br)cc3)C2=O)c1OC. The summed E-state index contributed by atoms with van der Waals surface area (Å²) in [6, 6.07) is 9.13. The summed E-state index contributed by atoms with van der Waals surface area (Å²) in [5.41, 5.74) is 0.571. The van der Waals surface area contributed by atoms with Gasteiger partial charge in [-0.2, -0.15) is 0 Å². The molecule has 0 aliphatic carbocycles. The van der Waals surface area contributed by atoms with Crippen LogP contribution in [-0.4, -0.2) is 32.1 Å². The summed E-state index contributed by atoms with van der Waals surface area (Å²) in [4.78, 5) is 38.5. The number of nitrogens with one attached hydrogen (secondary N) is 1. The van der Waals surface area contributed by atoms with Gasteiger partial charge in [0.15, 0.2) is 11.5 Å². The predicted molar refractivity (Wildman–Crippen MR) is 110 cm³/mol. The largest absolute Gasteiger partial charge is 0.493 e. The van der Waals surface area contributed by atoms with Gasteiger partial charge in [0.2, 0.25) is 0 Å². The number of methoxy groups -OCH3 is 2. The number of benzene rings is 2. The average molecular weight is 510 g/mol. The van der Waals surface area contributed by atoms with E-state index in [0.29, 0.717) is 27.2 Å². The Balaban J connectivity index is 2.09. The van der Waals surface area contributed by atoms with Crippen molar-refractivity contribution in [2.24, 2.45) is 0 Å². The summed E-state index contributed by atoms with van der Waals surface area (Å²) in [6.07, 6.45) is 1.36. The Labute approximate surface area is 177 Å². The molecular weight excluding hydrogens is 496 g/mol. The molecule has 3 rings (SSSR count). The molecule has 1 N–H and O–H groups in total. The van der Waals surface area contributed by atoms with Crippen molar-refractivity contribution in [2.45, 2.75) is 0 Å². The summed E-state index contributed by atoms with van der Waals surface area (Å²) < 4.78 is 12.1. The highest BCUT2D eigenvalue weighted by Crippen LogP contribution is 2.36. The van der Waals surface area contributed by atoms with Gasteiger partial charge >= 0.3 is 6.03 Å². The molecule has 0 radical (unpaired) electrons. The van der Waals surface area contributed by atoms with Crippen molar-refractivity contribution in [3.63, 3.8) is 0 Å². The number of hydrogen-bond acceptors (Lipinski definition) is 5. The molecule has 0 saturated carbocycles. The molecular formula is C19H14Br2N2O5. The number of amides is 4. The molecule has 2 aromatic carbocycles. The molecule has 1 aliphatic rings. The number of urea groups is 1. The number of hydrogen-bond donors (Lipinski definition) is 1. The van der Waals surface area contributed by atoms with Crippen LogP contribution >= 0.6 is 31.9 Å². The molecule has 2 aromatic rings. The number of imide groups is 2. The van der Waals surface area contributed by atoms with E-state index < -0.39 is 17.8 Å². The second-order valence-electron chi connectivity index (χ2n) is 5.66. The van der Waals surface area contributed by atoms with Crippen molar-refractivity contribution in [2.75, 3.05) is 19.1 Å². The van der Waals surface area contributed by atoms with E-state index in [1.807, 2.05) is 0 Å². The highest BCUT2D eigenvalue weighted by Gasteiger charge is 2.37. The number of halogens is 2. The summed E-state index contributed by atoms with van der Waals surface area (Å²) in [5.74, 6) is -0.749. The molecule has 0 aromatic heterocycles. The second kappa shape index (κ2) is 8.15. The van der Waals surface area contributed by atoms with Gasteiger partial charge in [0.25, 0.3) is 11.8 Å². The summed E-state index contributed by atoms with van der Waals surface area (Å²) in [5, 5.41) is 2.19. The maximum Gasteiger partial charge on any atom is 0.335 e. The Morgan fingerprint density at radius 2 is 1.64 bits per heavy atom. The number of barbiturate groups is 1. The molecule has 0 atom stereocenters. The van der Waals surface area contributed by atoms with Crippen LogP contribution in [0.3, 0.4) is 0 Å². The second-order valence-corrected chi connectivity index (χ2v) is 7.50. The first kappa shape index (κ1) is 20.1. The van der Waals surface area contributed by atoms with Gasteiger partial charge in [0, 0.05) is 14.5 Å². The van der Waals surface area contributed by atoms with Crippen LogP contribution in [0.25, 0.3) is 6.08 Å². The lowest BCUT2D eigenvalue weighted by Gasteiger charge is -2.26. The van der Waals surface area contributed by atoms with Crippen molar-refractivity contribution in [3.05, 3.63) is 56.5 Å². The van der Waals surface area contributed by atoms with Crippen LogP contribution in [0.1, 0.15) is 5.56 Å². The van der Waals surface area contributed by atoms with E-state index in [9.17, 15) is 14.4 Å². The van der Waals surface area contributed by atoms with Crippen LogP contribution in [0.5, 0.6) is 11.5 Å². The quantitative estimate of drug-likeness (QED) is 0.499. The van der Waals surface area contributed by atoms with Crippen molar-refractivity contribution in [3.8, 4) is 11.5 Å². The molecule has 1 fully saturated rings. The standard InChI is InChI=1S/C19H14Br2N2O5/c1-27-15-9-12(21)7-10(16(15)28-2)8-14-17(24)22-19(26)23(18(14)25)13-5-3-11(20)4-6-13/h3-9H,1-2H3,(H,22,24,26)/b14-8+. The molecule has 0 unspecified atom stereocenters. The first-order valence-corrected chi connectivity index (χ1v) is 9.53. The number of rotatable bonds is 4. The van der Waals surface area contributed by atoms with Crippen LogP contribution in [-0.2, 0) is 9.59 Å². The Morgan fingerprint density at radius 3 is 2.25 bits per heavy atom. The number of anilines is 1. The van der Waals surface area contributed by atoms with Crippen LogP contribution in [0, 0.1) is 0 Å². The minimum atomic E-state index is -0.812. The van der Waals surface area contributed by atoms with E-state index in [0.717, 1.165) is 9.37 Å². The molecule has 1 heterocycles. The molecule has 9 heteroatoms. The molecule has 0 bridgehead atoms. The molecule has 0 spiro atoms. The summed E-state index contributed by atoms with van der Waals surface area (Å²) in [6.45, 7) is 0. The maximum absolute atomic E-state index is 13.0.